The average Bonchev–Trinajstić information content (AvgIpc) is 3.19. The van der Waals surface area contributed by atoms with Gasteiger partial charge in [-0.25, -0.2) is 16.8 Å². The van der Waals surface area contributed by atoms with Crippen LogP contribution in [0.25, 0.3) is 0 Å². The second-order valence-electron chi connectivity index (χ2n) is 8.08. The minimum absolute atomic E-state index is 0.0480. The first kappa shape index (κ1) is 21.5. The molecule has 3 aliphatic rings. The van der Waals surface area contributed by atoms with Crippen molar-refractivity contribution < 1.29 is 26.4 Å². The zero-order valence-corrected chi connectivity index (χ0v) is 17.6. The molecule has 3 fully saturated rings. The molecular weight excluding hydrogens is 406 g/mol. The maximum absolute atomic E-state index is 11.7. The number of hydrogen-bond donors (Lipinski definition) is 0. The number of amides is 2. The molecule has 0 aromatic rings. The molecule has 2 atom stereocenters. The van der Waals surface area contributed by atoms with Crippen molar-refractivity contribution in [2.45, 2.75) is 43.8 Å². The molecule has 0 spiro atoms. The number of rotatable bonds is 8. The van der Waals surface area contributed by atoms with Crippen molar-refractivity contribution in [2.24, 2.45) is 0 Å². The molecule has 9 nitrogen and oxygen atoms in total. The van der Waals surface area contributed by atoms with Gasteiger partial charge in [0.05, 0.1) is 23.0 Å². The standard InChI is InChI=1S/C17H29N3O6S2/c21-13-19(16-3-9-27(23,24)11-16)8-7-18-5-1-15(2-6-18)20(14-22)17-4-10-28(25,26)12-17/h13-17H,1-12H2/t16-,17-/m0/s1. The molecule has 160 valence electrons. The van der Waals surface area contributed by atoms with E-state index in [2.05, 4.69) is 4.90 Å². The summed E-state index contributed by atoms with van der Waals surface area (Å²) in [7, 11) is -6.06. The van der Waals surface area contributed by atoms with Gasteiger partial charge < -0.3 is 14.7 Å². The molecule has 0 saturated carbocycles. The van der Waals surface area contributed by atoms with Crippen LogP contribution < -0.4 is 0 Å². The summed E-state index contributed by atoms with van der Waals surface area (Å²) >= 11 is 0. The molecule has 0 bridgehead atoms. The monoisotopic (exact) mass is 435 g/mol. The first-order valence-electron chi connectivity index (χ1n) is 9.80. The third-order valence-corrected chi connectivity index (χ3v) is 9.72. The van der Waals surface area contributed by atoms with Crippen LogP contribution in [0.15, 0.2) is 0 Å². The minimum Gasteiger partial charge on any atom is -0.340 e. The fraction of sp³-hybridized carbons (Fsp3) is 0.882. The highest BCUT2D eigenvalue weighted by Gasteiger charge is 2.36. The van der Waals surface area contributed by atoms with Gasteiger partial charge in [-0.1, -0.05) is 0 Å². The Morgan fingerprint density at radius 2 is 1.36 bits per heavy atom. The fourth-order valence-corrected chi connectivity index (χ4v) is 8.00. The summed E-state index contributed by atoms with van der Waals surface area (Å²) in [5.74, 6) is 0.405. The van der Waals surface area contributed by atoms with Crippen LogP contribution in [0, 0.1) is 0 Å². The Morgan fingerprint density at radius 1 is 0.786 bits per heavy atom. The van der Waals surface area contributed by atoms with Crippen molar-refractivity contribution in [3.05, 3.63) is 0 Å². The van der Waals surface area contributed by atoms with Crippen molar-refractivity contribution in [3.8, 4) is 0 Å². The van der Waals surface area contributed by atoms with Crippen LogP contribution in [0.1, 0.15) is 25.7 Å². The number of hydrogen-bond acceptors (Lipinski definition) is 7. The van der Waals surface area contributed by atoms with Crippen molar-refractivity contribution in [2.75, 3.05) is 49.2 Å². The molecule has 3 heterocycles. The highest BCUT2D eigenvalue weighted by molar-refractivity contribution is 7.91. The molecule has 0 aromatic carbocycles. The number of likely N-dealkylation sites (tertiary alicyclic amines) is 1. The first-order valence-corrected chi connectivity index (χ1v) is 13.4. The molecular formula is C17H29N3O6S2. The van der Waals surface area contributed by atoms with E-state index in [1.165, 1.54) is 0 Å². The summed E-state index contributed by atoms with van der Waals surface area (Å²) in [5, 5.41) is 0. The van der Waals surface area contributed by atoms with E-state index >= 15 is 0 Å². The van der Waals surface area contributed by atoms with E-state index in [4.69, 9.17) is 0 Å². The lowest BCUT2D eigenvalue weighted by Gasteiger charge is -2.39. The van der Waals surface area contributed by atoms with Gasteiger partial charge in [0.25, 0.3) is 0 Å². The van der Waals surface area contributed by atoms with Crippen LogP contribution in [0.4, 0.5) is 0 Å². The summed E-state index contributed by atoms with van der Waals surface area (Å²) in [4.78, 5) is 28.4. The second-order valence-corrected chi connectivity index (χ2v) is 12.5. The Kier molecular flexibility index (Phi) is 6.65. The van der Waals surface area contributed by atoms with E-state index in [9.17, 15) is 26.4 Å². The number of nitrogens with zero attached hydrogens (tertiary/aromatic N) is 3. The third-order valence-electron chi connectivity index (χ3n) is 6.22. The van der Waals surface area contributed by atoms with E-state index < -0.39 is 19.7 Å². The SMILES string of the molecule is O=CN(CCN1CCC(N(C=O)[C@H]2CCS(=O)(=O)C2)CC1)[C@H]1CCS(=O)(=O)C1. The summed E-state index contributed by atoms with van der Waals surface area (Å²) in [6.45, 7) is 2.70. The van der Waals surface area contributed by atoms with Crippen molar-refractivity contribution in [1.29, 1.82) is 0 Å². The highest BCUT2D eigenvalue weighted by atomic mass is 32.2. The van der Waals surface area contributed by atoms with Gasteiger partial charge in [0.15, 0.2) is 19.7 Å². The van der Waals surface area contributed by atoms with Crippen LogP contribution in [0.3, 0.4) is 0 Å². The quantitative estimate of drug-likeness (QED) is 0.438. The molecule has 0 aliphatic carbocycles. The van der Waals surface area contributed by atoms with Gasteiger partial charge in [-0.3, -0.25) is 9.59 Å². The molecule has 3 aliphatic heterocycles. The fourth-order valence-electron chi connectivity index (χ4n) is 4.54. The number of piperidine rings is 1. The minimum atomic E-state index is -3.03. The van der Waals surface area contributed by atoms with E-state index in [1.807, 2.05) is 0 Å². The Labute approximate surface area is 166 Å². The van der Waals surface area contributed by atoms with E-state index in [0.717, 1.165) is 38.8 Å². The Balaban J connectivity index is 1.46. The zero-order valence-electron chi connectivity index (χ0n) is 16.0. The molecule has 2 amide bonds. The lowest BCUT2D eigenvalue weighted by Crippen LogP contribution is -2.50. The van der Waals surface area contributed by atoms with Crippen LogP contribution in [-0.2, 0) is 29.3 Å². The van der Waals surface area contributed by atoms with Gasteiger partial charge in [0.1, 0.15) is 0 Å². The zero-order chi connectivity index (χ0) is 20.4. The van der Waals surface area contributed by atoms with Gasteiger partial charge in [0.2, 0.25) is 12.8 Å². The lowest BCUT2D eigenvalue weighted by molar-refractivity contribution is -0.123. The highest BCUT2D eigenvalue weighted by Crippen LogP contribution is 2.24. The predicted octanol–water partition coefficient (Wildman–Crippen LogP) is -1.26. The largest absolute Gasteiger partial charge is 0.340 e. The summed E-state index contributed by atoms with van der Waals surface area (Å²) < 4.78 is 46.6. The van der Waals surface area contributed by atoms with Gasteiger partial charge in [-0.2, -0.15) is 0 Å². The summed E-state index contributed by atoms with van der Waals surface area (Å²) in [5.41, 5.74) is 0. The van der Waals surface area contributed by atoms with Crippen molar-refractivity contribution in [1.82, 2.24) is 14.7 Å². The third kappa shape index (κ3) is 5.24. The average molecular weight is 436 g/mol. The van der Waals surface area contributed by atoms with Gasteiger partial charge in [0, 0.05) is 44.3 Å². The Morgan fingerprint density at radius 3 is 1.82 bits per heavy atom. The van der Waals surface area contributed by atoms with E-state index in [-0.39, 0.29) is 41.1 Å². The Hall–Kier alpha value is -1.20. The van der Waals surface area contributed by atoms with E-state index in [0.29, 0.717) is 25.9 Å². The maximum atomic E-state index is 11.7. The van der Waals surface area contributed by atoms with Gasteiger partial charge >= 0.3 is 0 Å². The summed E-state index contributed by atoms with van der Waals surface area (Å²) in [6, 6.07) is -0.391. The van der Waals surface area contributed by atoms with Gasteiger partial charge in [-0.05, 0) is 25.7 Å². The maximum Gasteiger partial charge on any atom is 0.210 e. The molecule has 11 heteroatoms. The van der Waals surface area contributed by atoms with Crippen LogP contribution in [-0.4, -0.2) is 112 Å². The number of carbonyl (C=O) groups excluding carboxylic acids is 2. The summed E-state index contributed by atoms with van der Waals surface area (Å²) in [6.07, 6.45) is 4.09. The topological polar surface area (TPSA) is 112 Å². The molecule has 0 N–H and O–H groups in total. The Bertz CT molecular complexity index is 777. The van der Waals surface area contributed by atoms with Crippen molar-refractivity contribution >= 4 is 32.5 Å². The smallest absolute Gasteiger partial charge is 0.210 e. The number of carbonyl (C=O) groups is 2. The van der Waals surface area contributed by atoms with Gasteiger partial charge in [-0.15, -0.1) is 0 Å². The number of sulfone groups is 2. The normalized spacial score (nSPS) is 30.1. The van der Waals surface area contributed by atoms with Crippen LogP contribution in [0.5, 0.6) is 0 Å². The molecule has 28 heavy (non-hydrogen) atoms. The van der Waals surface area contributed by atoms with Crippen molar-refractivity contribution in [3.63, 3.8) is 0 Å². The molecule has 0 unspecified atom stereocenters. The predicted molar refractivity (Wildman–Crippen MR) is 104 cm³/mol. The molecule has 3 rings (SSSR count). The van der Waals surface area contributed by atoms with E-state index in [1.54, 1.807) is 9.80 Å². The second kappa shape index (κ2) is 8.66. The first-order chi connectivity index (χ1) is 13.2. The molecule has 0 radical (unpaired) electrons. The molecule has 3 saturated heterocycles. The molecule has 0 aromatic heterocycles. The van der Waals surface area contributed by atoms with Crippen LogP contribution in [0.2, 0.25) is 0 Å². The lowest BCUT2D eigenvalue weighted by atomic mass is 10.0. The van der Waals surface area contributed by atoms with Crippen LogP contribution >= 0.6 is 0 Å².